The molecule has 0 bridgehead atoms. The van der Waals surface area contributed by atoms with Crippen LogP contribution in [0.25, 0.3) is 0 Å². The van der Waals surface area contributed by atoms with E-state index >= 15 is 0 Å². The van der Waals surface area contributed by atoms with Crippen LogP contribution in [0.3, 0.4) is 0 Å². The van der Waals surface area contributed by atoms with Crippen LogP contribution in [0.15, 0.2) is 5.38 Å². The van der Waals surface area contributed by atoms with Crippen LogP contribution in [0.4, 0.5) is 4.79 Å². The molecular weight excluding hydrogens is 311 g/mol. The summed E-state index contributed by atoms with van der Waals surface area (Å²) in [5, 5.41) is 22.4. The highest BCUT2D eigenvalue weighted by atomic mass is 32.1. The third-order valence-corrected chi connectivity index (χ3v) is 3.28. The first-order valence-corrected chi connectivity index (χ1v) is 7.38. The molecule has 0 aliphatic rings. The van der Waals surface area contributed by atoms with Crippen molar-refractivity contribution in [3.05, 3.63) is 10.4 Å². The molecule has 1 atom stereocenters. The first kappa shape index (κ1) is 18.4. The van der Waals surface area contributed by atoms with Gasteiger partial charge < -0.3 is 24.8 Å². The molecule has 0 spiro atoms. The van der Waals surface area contributed by atoms with Crippen molar-refractivity contribution in [2.45, 2.75) is 38.8 Å². The van der Waals surface area contributed by atoms with Crippen LogP contribution in [-0.2, 0) is 20.7 Å². The standard InChI is InChI=1S/C12H19BN2O6S/c1-12(2,3)21-11(17)14-7(10(16)20-4)5-9-15-8(6-22-9)13(18)19/h6-7,18-19H,5H2,1-4H3,(H,14,17). The van der Waals surface area contributed by atoms with E-state index in [0.29, 0.717) is 5.01 Å². The average Bonchev–Trinajstić information content (AvgIpc) is 2.83. The van der Waals surface area contributed by atoms with Crippen molar-refractivity contribution in [3.8, 4) is 0 Å². The van der Waals surface area contributed by atoms with E-state index in [1.807, 2.05) is 0 Å². The number of rotatable bonds is 5. The fourth-order valence-corrected chi connectivity index (χ4v) is 2.35. The zero-order chi connectivity index (χ0) is 16.9. The molecule has 3 N–H and O–H groups in total. The summed E-state index contributed by atoms with van der Waals surface area (Å²) in [5.41, 5.74) is -0.610. The highest BCUT2D eigenvalue weighted by molar-refractivity contribution is 7.10. The number of thiazole rings is 1. The molecule has 1 rings (SSSR count). The molecule has 0 aliphatic carbocycles. The maximum absolute atomic E-state index is 11.8. The van der Waals surface area contributed by atoms with Crippen molar-refractivity contribution < 1.29 is 29.1 Å². The third kappa shape index (κ3) is 6.00. The van der Waals surface area contributed by atoms with E-state index in [2.05, 4.69) is 15.0 Å². The van der Waals surface area contributed by atoms with Crippen molar-refractivity contribution in [3.63, 3.8) is 0 Å². The lowest BCUT2D eigenvalue weighted by atomic mass is 9.88. The van der Waals surface area contributed by atoms with E-state index < -0.39 is 30.8 Å². The van der Waals surface area contributed by atoms with Gasteiger partial charge in [0, 0.05) is 11.8 Å². The Bertz CT molecular complexity index is 528. The molecule has 1 heterocycles. The Morgan fingerprint density at radius 3 is 2.55 bits per heavy atom. The van der Waals surface area contributed by atoms with Gasteiger partial charge in [-0.3, -0.25) is 4.98 Å². The van der Waals surface area contributed by atoms with E-state index in [4.69, 9.17) is 14.8 Å². The van der Waals surface area contributed by atoms with E-state index in [-0.39, 0.29) is 12.0 Å². The molecule has 1 unspecified atom stereocenters. The Labute approximate surface area is 132 Å². The predicted molar refractivity (Wildman–Crippen MR) is 80.8 cm³/mol. The SMILES string of the molecule is COC(=O)C(Cc1nc(B(O)O)cs1)NC(=O)OC(C)(C)C. The van der Waals surface area contributed by atoms with Gasteiger partial charge in [0.05, 0.1) is 17.7 Å². The summed E-state index contributed by atoms with van der Waals surface area (Å²) in [6, 6.07) is -0.977. The second kappa shape index (κ2) is 7.57. The Morgan fingerprint density at radius 2 is 2.09 bits per heavy atom. The number of aromatic nitrogens is 1. The summed E-state index contributed by atoms with van der Waals surface area (Å²) >= 11 is 1.14. The number of esters is 1. The molecule has 0 aliphatic heterocycles. The van der Waals surface area contributed by atoms with Crippen LogP contribution in [0.1, 0.15) is 25.8 Å². The van der Waals surface area contributed by atoms with Gasteiger partial charge in [0.2, 0.25) is 0 Å². The molecule has 1 aromatic heterocycles. The molecular formula is C12H19BN2O6S. The van der Waals surface area contributed by atoms with Crippen molar-refractivity contribution in [2.24, 2.45) is 0 Å². The summed E-state index contributed by atoms with van der Waals surface area (Å²) in [4.78, 5) is 27.5. The van der Waals surface area contributed by atoms with E-state index in [1.54, 1.807) is 20.8 Å². The number of carbonyl (C=O) groups excluding carboxylic acids is 2. The summed E-state index contributed by atoms with van der Waals surface area (Å²) in [6.45, 7) is 5.11. The maximum Gasteiger partial charge on any atom is 0.509 e. The molecule has 122 valence electrons. The van der Waals surface area contributed by atoms with Gasteiger partial charge in [-0.15, -0.1) is 11.3 Å². The number of nitrogens with zero attached hydrogens (tertiary/aromatic N) is 1. The monoisotopic (exact) mass is 330 g/mol. The average molecular weight is 330 g/mol. The highest BCUT2D eigenvalue weighted by Gasteiger charge is 2.27. The molecule has 0 saturated heterocycles. The van der Waals surface area contributed by atoms with Gasteiger partial charge >= 0.3 is 19.2 Å². The Hall–Kier alpha value is -1.65. The number of methoxy groups -OCH3 is 1. The lowest BCUT2D eigenvalue weighted by Gasteiger charge is -2.22. The minimum absolute atomic E-state index is 0.0588. The van der Waals surface area contributed by atoms with Crippen molar-refractivity contribution in [2.75, 3.05) is 7.11 Å². The molecule has 0 aromatic carbocycles. The summed E-state index contributed by atoms with van der Waals surface area (Å²) in [6.07, 6.45) is -0.689. The number of alkyl carbamates (subject to hydrolysis) is 1. The van der Waals surface area contributed by atoms with Crippen LogP contribution < -0.4 is 10.9 Å². The molecule has 22 heavy (non-hydrogen) atoms. The maximum atomic E-state index is 11.8. The van der Waals surface area contributed by atoms with Crippen molar-refractivity contribution in [1.29, 1.82) is 0 Å². The normalized spacial score (nSPS) is 12.5. The van der Waals surface area contributed by atoms with Gasteiger partial charge in [0.15, 0.2) is 0 Å². The molecule has 8 nitrogen and oxygen atoms in total. The second-order valence-corrected chi connectivity index (χ2v) is 6.41. The summed E-state index contributed by atoms with van der Waals surface area (Å²) < 4.78 is 9.73. The fourth-order valence-electron chi connectivity index (χ4n) is 1.50. The number of ether oxygens (including phenoxy) is 2. The predicted octanol–water partition coefficient (Wildman–Crippen LogP) is -0.568. The number of amides is 1. The van der Waals surface area contributed by atoms with Gasteiger partial charge in [-0.2, -0.15) is 0 Å². The van der Waals surface area contributed by atoms with Gasteiger partial charge in [-0.1, -0.05) is 0 Å². The fraction of sp³-hybridized carbons (Fsp3) is 0.583. The van der Waals surface area contributed by atoms with Crippen LogP contribution in [0.5, 0.6) is 0 Å². The van der Waals surface area contributed by atoms with Crippen molar-refractivity contribution >= 4 is 36.1 Å². The summed E-state index contributed by atoms with van der Waals surface area (Å²) in [7, 11) is -0.475. The first-order chi connectivity index (χ1) is 10.1. The number of nitrogens with one attached hydrogen (secondary N) is 1. The van der Waals surface area contributed by atoms with Crippen LogP contribution >= 0.6 is 11.3 Å². The molecule has 1 aromatic rings. The summed E-state index contributed by atoms with van der Waals surface area (Å²) in [5.74, 6) is -0.646. The first-order valence-electron chi connectivity index (χ1n) is 6.50. The zero-order valence-corrected chi connectivity index (χ0v) is 13.6. The van der Waals surface area contributed by atoms with Gasteiger partial charge in [0.1, 0.15) is 11.6 Å². The minimum Gasteiger partial charge on any atom is -0.467 e. The molecule has 0 fully saturated rings. The smallest absolute Gasteiger partial charge is 0.467 e. The molecule has 1 amide bonds. The zero-order valence-electron chi connectivity index (χ0n) is 12.8. The largest absolute Gasteiger partial charge is 0.509 e. The molecule has 0 radical (unpaired) electrons. The highest BCUT2D eigenvalue weighted by Crippen LogP contribution is 2.10. The topological polar surface area (TPSA) is 118 Å². The number of carbonyl (C=O) groups is 2. The van der Waals surface area contributed by atoms with Crippen LogP contribution in [0, 0.1) is 0 Å². The third-order valence-electron chi connectivity index (χ3n) is 2.39. The van der Waals surface area contributed by atoms with Crippen LogP contribution in [0.2, 0.25) is 0 Å². The number of hydrogen-bond donors (Lipinski definition) is 3. The molecule has 0 saturated carbocycles. The quantitative estimate of drug-likeness (QED) is 0.489. The second-order valence-electron chi connectivity index (χ2n) is 5.47. The van der Waals surface area contributed by atoms with Crippen LogP contribution in [-0.4, -0.2) is 53.0 Å². The Kier molecular flexibility index (Phi) is 6.33. The number of hydrogen-bond acceptors (Lipinski definition) is 8. The van der Waals surface area contributed by atoms with Gasteiger partial charge in [-0.05, 0) is 20.8 Å². The van der Waals surface area contributed by atoms with Gasteiger partial charge in [-0.25, -0.2) is 9.59 Å². The lowest BCUT2D eigenvalue weighted by molar-refractivity contribution is -0.143. The Morgan fingerprint density at radius 1 is 1.45 bits per heavy atom. The van der Waals surface area contributed by atoms with Gasteiger partial charge in [0.25, 0.3) is 0 Å². The lowest BCUT2D eigenvalue weighted by Crippen LogP contribution is -2.45. The minimum atomic E-state index is -1.68. The van der Waals surface area contributed by atoms with E-state index in [1.165, 1.54) is 12.5 Å². The Balaban J connectivity index is 2.76. The molecule has 10 heteroatoms. The van der Waals surface area contributed by atoms with E-state index in [9.17, 15) is 9.59 Å². The van der Waals surface area contributed by atoms with E-state index in [0.717, 1.165) is 11.3 Å². The van der Waals surface area contributed by atoms with Crippen molar-refractivity contribution in [1.82, 2.24) is 10.3 Å².